The Balaban J connectivity index is 2.26. The van der Waals surface area contributed by atoms with E-state index >= 15 is 0 Å². The van der Waals surface area contributed by atoms with Crippen molar-refractivity contribution in [3.05, 3.63) is 18.0 Å². The van der Waals surface area contributed by atoms with Crippen molar-refractivity contribution in [1.82, 2.24) is 30.2 Å². The third kappa shape index (κ3) is 2.19. The van der Waals surface area contributed by atoms with E-state index in [4.69, 9.17) is 5.73 Å². The first-order valence-corrected chi connectivity index (χ1v) is 5.06. The number of rotatable bonds is 4. The lowest BCUT2D eigenvalue weighted by Gasteiger charge is -2.01. The summed E-state index contributed by atoms with van der Waals surface area (Å²) in [5.41, 5.74) is 6.44. The van der Waals surface area contributed by atoms with Gasteiger partial charge in [0.15, 0.2) is 5.82 Å². The van der Waals surface area contributed by atoms with Crippen LogP contribution in [0.15, 0.2) is 12.4 Å². The summed E-state index contributed by atoms with van der Waals surface area (Å²) < 4.78 is 1.66. The predicted octanol–water partition coefficient (Wildman–Crippen LogP) is -0.213. The van der Waals surface area contributed by atoms with Crippen LogP contribution in [0, 0.1) is 6.92 Å². The molecule has 2 aromatic rings. The smallest absolute Gasteiger partial charge is 0.219 e. The Hall–Kier alpha value is -1.89. The van der Waals surface area contributed by atoms with Crippen molar-refractivity contribution in [3.8, 4) is 11.6 Å². The number of aromatic nitrogens is 6. The van der Waals surface area contributed by atoms with Crippen LogP contribution >= 0.6 is 0 Å². The van der Waals surface area contributed by atoms with Crippen molar-refractivity contribution in [2.75, 3.05) is 6.54 Å². The van der Waals surface area contributed by atoms with E-state index < -0.39 is 0 Å². The summed E-state index contributed by atoms with van der Waals surface area (Å²) in [4.78, 5) is 8.37. The van der Waals surface area contributed by atoms with Crippen molar-refractivity contribution in [3.63, 3.8) is 0 Å². The molecule has 0 aliphatic rings. The lowest BCUT2D eigenvalue weighted by Crippen LogP contribution is -2.09. The molecule has 0 atom stereocenters. The Kier molecular flexibility index (Phi) is 3.16. The molecule has 0 spiro atoms. The van der Waals surface area contributed by atoms with Crippen LogP contribution in [0.3, 0.4) is 0 Å². The van der Waals surface area contributed by atoms with Crippen LogP contribution in [0.4, 0.5) is 0 Å². The molecule has 2 N–H and O–H groups in total. The topological polar surface area (TPSA) is 95.4 Å². The summed E-state index contributed by atoms with van der Waals surface area (Å²) >= 11 is 0. The van der Waals surface area contributed by atoms with Gasteiger partial charge in [0.2, 0.25) is 5.82 Å². The fourth-order valence-electron chi connectivity index (χ4n) is 1.26. The van der Waals surface area contributed by atoms with Crippen molar-refractivity contribution < 1.29 is 0 Å². The van der Waals surface area contributed by atoms with E-state index in [0.29, 0.717) is 24.7 Å². The third-order valence-corrected chi connectivity index (χ3v) is 2.09. The zero-order chi connectivity index (χ0) is 11.4. The minimum absolute atomic E-state index is 0.535. The summed E-state index contributed by atoms with van der Waals surface area (Å²) in [5, 5.41) is 11.4. The lowest BCUT2D eigenvalue weighted by molar-refractivity contribution is 0.567. The largest absolute Gasteiger partial charge is 0.330 e. The fourth-order valence-corrected chi connectivity index (χ4v) is 1.26. The fraction of sp³-hybridized carbons (Fsp3) is 0.444. The van der Waals surface area contributed by atoms with Gasteiger partial charge in [-0.2, -0.15) is 0 Å². The monoisotopic (exact) mass is 219 g/mol. The first-order chi connectivity index (χ1) is 7.81. The van der Waals surface area contributed by atoms with E-state index in [0.717, 1.165) is 12.0 Å². The van der Waals surface area contributed by atoms with Crippen molar-refractivity contribution in [1.29, 1.82) is 0 Å². The number of aryl methyl sites for hydroxylation is 2. The first-order valence-electron chi connectivity index (χ1n) is 5.06. The third-order valence-electron chi connectivity index (χ3n) is 2.09. The second kappa shape index (κ2) is 4.75. The van der Waals surface area contributed by atoms with Crippen LogP contribution in [0.25, 0.3) is 11.6 Å². The van der Waals surface area contributed by atoms with Gasteiger partial charge in [0.05, 0.1) is 0 Å². The quantitative estimate of drug-likeness (QED) is 0.764. The van der Waals surface area contributed by atoms with Crippen LogP contribution < -0.4 is 5.73 Å². The van der Waals surface area contributed by atoms with Gasteiger partial charge in [-0.25, -0.2) is 14.6 Å². The average molecular weight is 219 g/mol. The summed E-state index contributed by atoms with van der Waals surface area (Å²) in [6, 6.07) is 0. The Labute approximate surface area is 92.7 Å². The Bertz CT molecular complexity index is 447. The summed E-state index contributed by atoms with van der Waals surface area (Å²) in [7, 11) is 0. The SMILES string of the molecule is Cc1cnc(-c2nnnn2CCCN)nc1. The molecule has 0 aromatic carbocycles. The molecule has 7 heteroatoms. The minimum Gasteiger partial charge on any atom is -0.330 e. The Morgan fingerprint density at radius 2 is 2.06 bits per heavy atom. The average Bonchev–Trinajstić information content (AvgIpc) is 2.75. The molecule has 0 saturated carbocycles. The van der Waals surface area contributed by atoms with Gasteiger partial charge in [0.25, 0.3) is 0 Å². The van der Waals surface area contributed by atoms with E-state index in [9.17, 15) is 0 Å². The molecule has 16 heavy (non-hydrogen) atoms. The lowest BCUT2D eigenvalue weighted by atomic mass is 10.4. The van der Waals surface area contributed by atoms with Crippen molar-refractivity contribution in [2.24, 2.45) is 5.73 Å². The van der Waals surface area contributed by atoms with Crippen LogP contribution in [0.2, 0.25) is 0 Å². The van der Waals surface area contributed by atoms with Crippen molar-refractivity contribution in [2.45, 2.75) is 19.9 Å². The van der Waals surface area contributed by atoms with Crippen LogP contribution in [0.1, 0.15) is 12.0 Å². The van der Waals surface area contributed by atoms with Gasteiger partial charge in [0, 0.05) is 18.9 Å². The van der Waals surface area contributed by atoms with Gasteiger partial charge in [-0.1, -0.05) is 0 Å². The highest BCUT2D eigenvalue weighted by molar-refractivity contribution is 5.41. The molecule has 0 unspecified atom stereocenters. The molecular formula is C9H13N7. The predicted molar refractivity (Wildman–Crippen MR) is 57.3 cm³/mol. The molecule has 0 saturated heterocycles. The van der Waals surface area contributed by atoms with E-state index in [1.807, 2.05) is 6.92 Å². The maximum Gasteiger partial charge on any atom is 0.219 e. The van der Waals surface area contributed by atoms with Gasteiger partial charge >= 0.3 is 0 Å². The van der Waals surface area contributed by atoms with Gasteiger partial charge in [-0.3, -0.25) is 0 Å². The van der Waals surface area contributed by atoms with Crippen LogP contribution in [-0.2, 0) is 6.54 Å². The van der Waals surface area contributed by atoms with E-state index in [1.165, 1.54) is 0 Å². The minimum atomic E-state index is 0.535. The van der Waals surface area contributed by atoms with E-state index in [1.54, 1.807) is 17.1 Å². The zero-order valence-electron chi connectivity index (χ0n) is 9.04. The maximum absolute atomic E-state index is 5.44. The molecule has 0 amide bonds. The second-order valence-corrected chi connectivity index (χ2v) is 3.45. The number of nitrogens with zero attached hydrogens (tertiary/aromatic N) is 6. The summed E-state index contributed by atoms with van der Waals surface area (Å²) in [5.74, 6) is 1.11. The first kappa shape index (κ1) is 10.6. The van der Waals surface area contributed by atoms with Crippen LogP contribution in [-0.4, -0.2) is 36.7 Å². The van der Waals surface area contributed by atoms with E-state index in [-0.39, 0.29) is 0 Å². The Morgan fingerprint density at radius 3 is 2.75 bits per heavy atom. The number of tetrazole rings is 1. The van der Waals surface area contributed by atoms with Gasteiger partial charge in [0.1, 0.15) is 0 Å². The molecule has 0 aliphatic heterocycles. The van der Waals surface area contributed by atoms with Gasteiger partial charge < -0.3 is 5.73 Å². The molecule has 0 radical (unpaired) electrons. The highest BCUT2D eigenvalue weighted by atomic mass is 15.5. The number of hydrogen-bond donors (Lipinski definition) is 1. The maximum atomic E-state index is 5.44. The van der Waals surface area contributed by atoms with Gasteiger partial charge in [-0.05, 0) is 35.9 Å². The van der Waals surface area contributed by atoms with Crippen molar-refractivity contribution >= 4 is 0 Å². The number of hydrogen-bond acceptors (Lipinski definition) is 6. The zero-order valence-corrected chi connectivity index (χ0v) is 9.04. The molecule has 0 bridgehead atoms. The molecule has 2 rings (SSSR count). The molecule has 2 heterocycles. The van der Waals surface area contributed by atoms with E-state index in [2.05, 4.69) is 25.5 Å². The normalized spacial score (nSPS) is 10.6. The summed E-state index contributed by atoms with van der Waals surface area (Å²) in [6.07, 6.45) is 4.30. The van der Waals surface area contributed by atoms with Gasteiger partial charge in [-0.15, -0.1) is 5.10 Å². The molecular weight excluding hydrogens is 206 g/mol. The Morgan fingerprint density at radius 1 is 1.31 bits per heavy atom. The highest BCUT2D eigenvalue weighted by Gasteiger charge is 2.10. The molecule has 0 fully saturated rings. The summed E-state index contributed by atoms with van der Waals surface area (Å²) in [6.45, 7) is 3.21. The molecule has 84 valence electrons. The standard InChI is InChI=1S/C9H13N7/c1-7-5-11-8(12-6-7)9-13-14-15-16(9)4-2-3-10/h5-6H,2-4,10H2,1H3. The van der Waals surface area contributed by atoms with Crippen LogP contribution in [0.5, 0.6) is 0 Å². The number of nitrogens with two attached hydrogens (primary N) is 1. The highest BCUT2D eigenvalue weighted by Crippen LogP contribution is 2.09. The molecule has 0 aliphatic carbocycles. The molecule has 7 nitrogen and oxygen atoms in total. The molecule has 2 aromatic heterocycles. The second-order valence-electron chi connectivity index (χ2n) is 3.45.